The molecule has 0 unspecified atom stereocenters. The monoisotopic (exact) mass is 291 g/mol. The van der Waals surface area contributed by atoms with Crippen LogP contribution in [-0.4, -0.2) is 29.2 Å². The van der Waals surface area contributed by atoms with Crippen LogP contribution in [0, 0.1) is 6.92 Å². The number of aromatic nitrogens is 2. The number of sulfonamides is 1. The van der Waals surface area contributed by atoms with E-state index in [1.807, 2.05) is 31.2 Å². The van der Waals surface area contributed by atoms with E-state index in [0.717, 1.165) is 24.0 Å². The topological polar surface area (TPSA) is 66.1 Å². The Balaban J connectivity index is 2.00. The van der Waals surface area contributed by atoms with Gasteiger partial charge >= 0.3 is 0 Å². The summed E-state index contributed by atoms with van der Waals surface area (Å²) in [6.45, 7) is 2.58. The molecule has 2 heterocycles. The van der Waals surface area contributed by atoms with Crippen LogP contribution in [0.1, 0.15) is 30.0 Å². The Labute approximate surface area is 118 Å². The Morgan fingerprint density at radius 1 is 1.35 bits per heavy atom. The van der Waals surface area contributed by atoms with Gasteiger partial charge in [0.05, 0.1) is 18.6 Å². The summed E-state index contributed by atoms with van der Waals surface area (Å²) in [5, 5.41) is 0.165. The molecule has 1 aromatic heterocycles. The fraction of sp³-hybridized carbons (Fsp3) is 0.357. The highest BCUT2D eigenvalue weighted by Gasteiger charge is 2.37. The van der Waals surface area contributed by atoms with Gasteiger partial charge in [0, 0.05) is 6.54 Å². The summed E-state index contributed by atoms with van der Waals surface area (Å²) in [4.78, 5) is 6.51. The van der Waals surface area contributed by atoms with Gasteiger partial charge in [0.1, 0.15) is 0 Å². The van der Waals surface area contributed by atoms with E-state index in [9.17, 15) is 8.42 Å². The summed E-state index contributed by atoms with van der Waals surface area (Å²) in [5.74, 6) is 0. The normalized spacial score (nSPS) is 20.4. The van der Waals surface area contributed by atoms with Crippen LogP contribution < -0.4 is 0 Å². The molecule has 1 aliphatic rings. The summed E-state index contributed by atoms with van der Waals surface area (Å²) >= 11 is 0. The third kappa shape index (κ3) is 2.14. The number of H-pyrrole nitrogens is 1. The molecule has 3 rings (SSSR count). The van der Waals surface area contributed by atoms with Crippen molar-refractivity contribution in [2.75, 3.05) is 6.54 Å². The van der Waals surface area contributed by atoms with Gasteiger partial charge in [0.25, 0.3) is 10.0 Å². The van der Waals surface area contributed by atoms with Crippen LogP contribution in [0.3, 0.4) is 0 Å². The number of rotatable bonds is 3. The fourth-order valence-electron chi connectivity index (χ4n) is 2.81. The number of hydrogen-bond acceptors (Lipinski definition) is 3. The first-order valence-electron chi connectivity index (χ1n) is 6.66. The lowest BCUT2D eigenvalue weighted by atomic mass is 10.0. The van der Waals surface area contributed by atoms with Crippen LogP contribution in [0.5, 0.6) is 0 Å². The average molecular weight is 291 g/mol. The lowest BCUT2D eigenvalue weighted by molar-refractivity contribution is 0.394. The van der Waals surface area contributed by atoms with Crippen molar-refractivity contribution in [1.29, 1.82) is 0 Å². The van der Waals surface area contributed by atoms with Gasteiger partial charge in [-0.05, 0) is 30.9 Å². The van der Waals surface area contributed by atoms with Gasteiger partial charge in [-0.1, -0.05) is 24.3 Å². The second kappa shape index (κ2) is 5.03. The summed E-state index contributed by atoms with van der Waals surface area (Å²) in [6.07, 6.45) is 4.50. The van der Waals surface area contributed by atoms with E-state index in [4.69, 9.17) is 0 Å². The van der Waals surface area contributed by atoms with Crippen molar-refractivity contribution < 1.29 is 8.42 Å². The quantitative estimate of drug-likeness (QED) is 0.943. The molecule has 1 atom stereocenters. The lowest BCUT2D eigenvalue weighted by Crippen LogP contribution is -2.31. The SMILES string of the molecule is Cc1ccccc1[C@@H]1CCCN1S(=O)(=O)c1cnc[nH]1. The third-order valence-corrected chi connectivity index (χ3v) is 5.64. The van der Waals surface area contributed by atoms with Crippen molar-refractivity contribution in [3.05, 3.63) is 47.9 Å². The number of benzene rings is 1. The zero-order valence-electron chi connectivity index (χ0n) is 11.3. The second-order valence-electron chi connectivity index (χ2n) is 5.05. The standard InChI is InChI=1S/C14H17N3O2S/c1-11-5-2-3-6-12(11)13-7-4-8-17(13)20(18,19)14-9-15-10-16-14/h2-3,5-6,9-10,13H,4,7-8H2,1H3,(H,15,16)/t13-/m0/s1. The van der Waals surface area contributed by atoms with Crippen LogP contribution in [-0.2, 0) is 10.0 Å². The lowest BCUT2D eigenvalue weighted by Gasteiger charge is -2.24. The predicted octanol–water partition coefficient (Wildman–Crippen LogP) is 2.24. The minimum atomic E-state index is -3.49. The summed E-state index contributed by atoms with van der Waals surface area (Å²) in [5.41, 5.74) is 2.22. The van der Waals surface area contributed by atoms with E-state index in [0.29, 0.717) is 6.54 Å². The molecular weight excluding hydrogens is 274 g/mol. The number of imidazole rings is 1. The summed E-state index contributed by atoms with van der Waals surface area (Å²) in [7, 11) is -3.49. The zero-order valence-corrected chi connectivity index (χ0v) is 12.1. The van der Waals surface area contributed by atoms with Crippen LogP contribution in [0.15, 0.2) is 41.8 Å². The first kappa shape index (κ1) is 13.3. The first-order chi connectivity index (χ1) is 9.60. The van der Waals surface area contributed by atoms with Gasteiger partial charge in [-0.25, -0.2) is 13.4 Å². The molecule has 1 saturated heterocycles. The molecule has 5 nitrogen and oxygen atoms in total. The van der Waals surface area contributed by atoms with E-state index in [1.165, 1.54) is 12.5 Å². The molecule has 0 amide bonds. The highest BCUT2D eigenvalue weighted by Crippen LogP contribution is 2.37. The third-order valence-electron chi connectivity index (χ3n) is 3.81. The van der Waals surface area contributed by atoms with E-state index >= 15 is 0 Å². The largest absolute Gasteiger partial charge is 0.335 e. The molecule has 0 saturated carbocycles. The summed E-state index contributed by atoms with van der Waals surface area (Å²) in [6, 6.07) is 7.89. The number of nitrogens with one attached hydrogen (secondary N) is 1. The van der Waals surface area contributed by atoms with Crippen molar-refractivity contribution in [3.63, 3.8) is 0 Å². The molecule has 0 bridgehead atoms. The maximum Gasteiger partial charge on any atom is 0.260 e. The van der Waals surface area contributed by atoms with E-state index < -0.39 is 10.0 Å². The maximum absolute atomic E-state index is 12.6. The van der Waals surface area contributed by atoms with Gasteiger partial charge in [0.2, 0.25) is 0 Å². The number of hydrogen-bond donors (Lipinski definition) is 1. The maximum atomic E-state index is 12.6. The average Bonchev–Trinajstić information content (AvgIpc) is 3.11. The number of nitrogens with zero attached hydrogens (tertiary/aromatic N) is 2. The van der Waals surface area contributed by atoms with Crippen molar-refractivity contribution >= 4 is 10.0 Å². The van der Waals surface area contributed by atoms with E-state index in [2.05, 4.69) is 9.97 Å². The van der Waals surface area contributed by atoms with E-state index in [1.54, 1.807) is 4.31 Å². The predicted molar refractivity (Wildman–Crippen MR) is 75.6 cm³/mol. The Bertz CT molecular complexity index is 695. The van der Waals surface area contributed by atoms with Crippen LogP contribution in [0.25, 0.3) is 0 Å². The van der Waals surface area contributed by atoms with Crippen LogP contribution >= 0.6 is 0 Å². The van der Waals surface area contributed by atoms with Crippen LogP contribution in [0.4, 0.5) is 0 Å². The molecule has 2 aromatic rings. The van der Waals surface area contributed by atoms with Gasteiger partial charge in [-0.15, -0.1) is 0 Å². The highest BCUT2D eigenvalue weighted by atomic mass is 32.2. The molecule has 0 radical (unpaired) electrons. The van der Waals surface area contributed by atoms with Crippen molar-refractivity contribution in [2.24, 2.45) is 0 Å². The molecule has 0 spiro atoms. The Morgan fingerprint density at radius 3 is 2.85 bits per heavy atom. The smallest absolute Gasteiger partial charge is 0.260 e. The number of aromatic amines is 1. The molecule has 20 heavy (non-hydrogen) atoms. The van der Waals surface area contributed by atoms with Gasteiger partial charge < -0.3 is 4.98 Å². The Kier molecular flexibility index (Phi) is 3.35. The minimum absolute atomic E-state index is 0.0792. The van der Waals surface area contributed by atoms with Crippen molar-refractivity contribution in [3.8, 4) is 0 Å². The van der Waals surface area contributed by atoms with Gasteiger partial charge in [-0.2, -0.15) is 4.31 Å². The minimum Gasteiger partial charge on any atom is -0.335 e. The van der Waals surface area contributed by atoms with E-state index in [-0.39, 0.29) is 11.1 Å². The Morgan fingerprint density at radius 2 is 2.15 bits per heavy atom. The molecule has 106 valence electrons. The zero-order chi connectivity index (χ0) is 14.2. The Hall–Kier alpha value is -1.66. The molecule has 0 aliphatic carbocycles. The van der Waals surface area contributed by atoms with Crippen molar-refractivity contribution in [1.82, 2.24) is 14.3 Å². The fourth-order valence-corrected chi connectivity index (χ4v) is 4.38. The van der Waals surface area contributed by atoms with Gasteiger partial charge in [0.15, 0.2) is 5.03 Å². The van der Waals surface area contributed by atoms with Crippen LogP contribution in [0.2, 0.25) is 0 Å². The molecule has 6 heteroatoms. The first-order valence-corrected chi connectivity index (χ1v) is 8.10. The molecule has 1 aromatic carbocycles. The molecule has 1 fully saturated rings. The molecule has 1 aliphatic heterocycles. The van der Waals surface area contributed by atoms with Crippen molar-refractivity contribution in [2.45, 2.75) is 30.8 Å². The number of aryl methyl sites for hydroxylation is 1. The summed E-state index contributed by atoms with van der Waals surface area (Å²) < 4.78 is 26.9. The van der Waals surface area contributed by atoms with Gasteiger partial charge in [-0.3, -0.25) is 0 Å². The molecular formula is C14H17N3O2S. The molecule has 1 N–H and O–H groups in total. The second-order valence-corrected chi connectivity index (χ2v) is 6.91. The highest BCUT2D eigenvalue weighted by molar-refractivity contribution is 7.89.